The molecule has 7 heteroatoms. The van der Waals surface area contributed by atoms with E-state index < -0.39 is 4.46 Å². The van der Waals surface area contributed by atoms with Gasteiger partial charge in [0.2, 0.25) is 4.46 Å². The summed E-state index contributed by atoms with van der Waals surface area (Å²) in [4.78, 5) is 0. The number of aromatic nitrogens is 3. The summed E-state index contributed by atoms with van der Waals surface area (Å²) in [5.74, 6) is 0.796. The number of rotatable bonds is 3. The lowest BCUT2D eigenvalue weighted by molar-refractivity contribution is 0.414. The lowest BCUT2D eigenvalue weighted by atomic mass is 10.1. The summed E-state index contributed by atoms with van der Waals surface area (Å²) < 4.78 is 5.82. The van der Waals surface area contributed by atoms with Crippen LogP contribution in [0.2, 0.25) is 0 Å². The quantitative estimate of drug-likeness (QED) is 0.492. The Morgan fingerprint density at radius 3 is 2.33 bits per heavy atom. The molecule has 94 valence electrons. The van der Waals surface area contributed by atoms with Gasteiger partial charge in [-0.1, -0.05) is 35.3 Å². The Balaban J connectivity index is 1.88. The Kier molecular flexibility index (Phi) is 2.60. The summed E-state index contributed by atoms with van der Waals surface area (Å²) in [6, 6.07) is 7.51. The minimum absolute atomic E-state index is 0.122. The lowest BCUT2D eigenvalue weighted by Gasteiger charge is -2.05. The Bertz CT molecular complexity index is 541. The van der Waals surface area contributed by atoms with Gasteiger partial charge < -0.3 is 4.74 Å². The zero-order valence-corrected chi connectivity index (χ0v) is 11.0. The molecule has 0 radical (unpaired) electrons. The van der Waals surface area contributed by atoms with Crippen LogP contribution in [0.25, 0.3) is 0 Å². The van der Waals surface area contributed by atoms with Crippen molar-refractivity contribution in [3.63, 3.8) is 0 Å². The van der Waals surface area contributed by atoms with E-state index in [0.717, 1.165) is 11.3 Å². The van der Waals surface area contributed by atoms with E-state index in [9.17, 15) is 0 Å². The minimum Gasteiger partial charge on any atom is -0.497 e. The van der Waals surface area contributed by atoms with Gasteiger partial charge in [-0.25, -0.2) is 4.68 Å². The molecule has 1 fully saturated rings. The van der Waals surface area contributed by atoms with Crippen LogP contribution in [0, 0.1) is 0 Å². The van der Waals surface area contributed by atoms with Crippen LogP contribution in [0.15, 0.2) is 36.9 Å². The maximum absolute atomic E-state index is 6.26. The highest BCUT2D eigenvalue weighted by Gasteiger charge is 2.63. The monoisotopic (exact) mass is 284 g/mol. The first kappa shape index (κ1) is 11.6. The predicted molar refractivity (Wildman–Crippen MR) is 68.4 cm³/mol. The Labute approximate surface area is 114 Å². The molecule has 0 bridgehead atoms. The zero-order chi connectivity index (χ0) is 12.8. The van der Waals surface area contributed by atoms with Crippen LogP contribution in [-0.2, 0) is 0 Å². The molecule has 18 heavy (non-hydrogen) atoms. The highest BCUT2D eigenvalue weighted by molar-refractivity contribution is 6.52. The van der Waals surface area contributed by atoms with Gasteiger partial charge in [-0.05, 0) is 17.7 Å². The minimum atomic E-state index is -0.975. The predicted octanol–water partition coefficient (Wildman–Crippen LogP) is 2.11. The third-order valence-electron chi connectivity index (χ3n) is 2.90. The molecule has 0 saturated carbocycles. The third kappa shape index (κ3) is 1.71. The van der Waals surface area contributed by atoms with Crippen molar-refractivity contribution < 1.29 is 4.74 Å². The molecule has 1 aromatic carbocycles. The number of nitrogens with zero attached hydrogens (tertiary/aromatic N) is 4. The SMILES string of the molecule is COc1ccc(C2N(n3cnnc3)C2(Cl)Cl)cc1. The van der Waals surface area contributed by atoms with E-state index in [0.29, 0.717) is 0 Å². The van der Waals surface area contributed by atoms with Crippen LogP contribution >= 0.6 is 23.2 Å². The molecular formula is C11H10Cl2N4O. The normalized spacial score (nSPS) is 20.8. The van der Waals surface area contributed by atoms with Crippen LogP contribution < -0.4 is 9.75 Å². The zero-order valence-electron chi connectivity index (χ0n) is 9.49. The Hall–Kier alpha value is -1.46. The van der Waals surface area contributed by atoms with Gasteiger partial charge in [0.1, 0.15) is 24.4 Å². The van der Waals surface area contributed by atoms with Gasteiger partial charge in [0.15, 0.2) is 0 Å². The first-order valence-corrected chi connectivity index (χ1v) is 6.06. The van der Waals surface area contributed by atoms with E-state index in [2.05, 4.69) is 10.2 Å². The number of hydrogen-bond donors (Lipinski definition) is 0. The average molecular weight is 285 g/mol. The van der Waals surface area contributed by atoms with Crippen LogP contribution in [0.4, 0.5) is 0 Å². The standard InChI is InChI=1S/C11H10Cl2N4O/c1-18-9-4-2-8(3-5-9)10-11(12,13)17(10)16-6-14-15-7-16/h2-7,10H,1H3. The molecule has 3 rings (SSSR count). The average Bonchev–Trinajstić information content (AvgIpc) is 2.78. The van der Waals surface area contributed by atoms with Crippen molar-refractivity contribution in [2.24, 2.45) is 0 Å². The summed E-state index contributed by atoms with van der Waals surface area (Å²) in [6.07, 6.45) is 3.12. The van der Waals surface area contributed by atoms with Crippen molar-refractivity contribution in [1.29, 1.82) is 0 Å². The summed E-state index contributed by atoms with van der Waals surface area (Å²) in [5.41, 5.74) is 1.01. The van der Waals surface area contributed by atoms with E-state index in [1.807, 2.05) is 24.3 Å². The van der Waals surface area contributed by atoms with Gasteiger partial charge in [-0.3, -0.25) is 5.01 Å². The fourth-order valence-corrected chi connectivity index (χ4v) is 2.66. The van der Waals surface area contributed by atoms with Crippen molar-refractivity contribution in [1.82, 2.24) is 14.9 Å². The van der Waals surface area contributed by atoms with Gasteiger partial charge in [-0.2, -0.15) is 0 Å². The molecule has 1 unspecified atom stereocenters. The fraction of sp³-hybridized carbons (Fsp3) is 0.273. The molecule has 1 aliphatic heterocycles. The van der Waals surface area contributed by atoms with E-state index in [1.165, 1.54) is 0 Å². The molecule has 1 aromatic heterocycles. The molecule has 1 atom stereocenters. The number of alkyl halides is 2. The van der Waals surface area contributed by atoms with E-state index in [4.69, 9.17) is 27.9 Å². The van der Waals surface area contributed by atoms with Crippen LogP contribution in [0.5, 0.6) is 5.75 Å². The van der Waals surface area contributed by atoms with Crippen LogP contribution in [0.3, 0.4) is 0 Å². The number of methoxy groups -OCH3 is 1. The highest BCUT2D eigenvalue weighted by Crippen LogP contribution is 2.57. The van der Waals surface area contributed by atoms with Gasteiger partial charge in [0.05, 0.1) is 7.11 Å². The third-order valence-corrected chi connectivity index (χ3v) is 3.66. The summed E-state index contributed by atoms with van der Waals surface area (Å²) in [6.45, 7) is 0. The van der Waals surface area contributed by atoms with E-state index in [-0.39, 0.29) is 6.04 Å². The van der Waals surface area contributed by atoms with Crippen molar-refractivity contribution in [3.05, 3.63) is 42.5 Å². The summed E-state index contributed by atoms with van der Waals surface area (Å²) >= 11 is 12.5. The van der Waals surface area contributed by atoms with Crippen LogP contribution in [0.1, 0.15) is 11.6 Å². The number of ether oxygens (including phenoxy) is 1. The van der Waals surface area contributed by atoms with Crippen LogP contribution in [-0.4, -0.2) is 26.4 Å². The molecule has 0 aliphatic carbocycles. The summed E-state index contributed by atoms with van der Waals surface area (Å²) in [7, 11) is 1.63. The number of halogens is 2. The largest absolute Gasteiger partial charge is 0.497 e. The Morgan fingerprint density at radius 2 is 1.78 bits per heavy atom. The smallest absolute Gasteiger partial charge is 0.230 e. The molecule has 2 heterocycles. The molecule has 0 N–H and O–H groups in total. The molecule has 0 amide bonds. The Morgan fingerprint density at radius 1 is 1.17 bits per heavy atom. The van der Waals surface area contributed by atoms with Gasteiger partial charge in [0, 0.05) is 0 Å². The number of benzene rings is 1. The second-order valence-electron chi connectivity index (χ2n) is 3.95. The highest BCUT2D eigenvalue weighted by atomic mass is 35.5. The molecule has 1 aliphatic rings. The molecule has 0 spiro atoms. The molecule has 2 aromatic rings. The van der Waals surface area contributed by atoms with Gasteiger partial charge >= 0.3 is 0 Å². The molecule has 5 nitrogen and oxygen atoms in total. The second kappa shape index (κ2) is 4.03. The van der Waals surface area contributed by atoms with Gasteiger partial charge in [0.25, 0.3) is 0 Å². The maximum Gasteiger partial charge on any atom is 0.230 e. The molecule has 1 saturated heterocycles. The lowest BCUT2D eigenvalue weighted by Crippen LogP contribution is -2.15. The first-order valence-electron chi connectivity index (χ1n) is 5.30. The van der Waals surface area contributed by atoms with Crippen molar-refractivity contribution in [2.75, 3.05) is 12.1 Å². The topological polar surface area (TPSA) is 43.0 Å². The molecular weight excluding hydrogens is 275 g/mol. The fourth-order valence-electron chi connectivity index (χ4n) is 1.95. The first-order chi connectivity index (χ1) is 8.64. The van der Waals surface area contributed by atoms with Crippen molar-refractivity contribution in [2.45, 2.75) is 10.5 Å². The summed E-state index contributed by atoms with van der Waals surface area (Å²) in [5, 5.41) is 9.25. The maximum atomic E-state index is 6.26. The van der Waals surface area contributed by atoms with E-state index in [1.54, 1.807) is 29.4 Å². The van der Waals surface area contributed by atoms with Crippen molar-refractivity contribution >= 4 is 23.2 Å². The van der Waals surface area contributed by atoms with E-state index >= 15 is 0 Å². The van der Waals surface area contributed by atoms with Crippen molar-refractivity contribution in [3.8, 4) is 5.75 Å². The number of hydrogen-bond acceptors (Lipinski definition) is 4. The van der Waals surface area contributed by atoms with Gasteiger partial charge in [-0.15, -0.1) is 10.2 Å². The second-order valence-corrected chi connectivity index (χ2v) is 5.30.